The van der Waals surface area contributed by atoms with Gasteiger partial charge in [0.25, 0.3) is 0 Å². The lowest BCUT2D eigenvalue weighted by Crippen LogP contribution is -2.08. The predicted molar refractivity (Wildman–Crippen MR) is 60.1 cm³/mol. The van der Waals surface area contributed by atoms with E-state index in [0.717, 1.165) is 18.5 Å². The Hall–Kier alpha value is 0.0649. The minimum atomic E-state index is 0.881. The van der Waals surface area contributed by atoms with Crippen LogP contribution in [-0.4, -0.2) is 6.71 Å². The maximum atomic E-state index is 2.39. The first-order valence-electron chi connectivity index (χ1n) is 5.52. The van der Waals surface area contributed by atoms with Crippen LogP contribution in [0.1, 0.15) is 40.5 Å². The van der Waals surface area contributed by atoms with Gasteiger partial charge in [0, 0.05) is 0 Å². The molecule has 0 atom stereocenters. The van der Waals surface area contributed by atoms with Gasteiger partial charge in [-0.1, -0.05) is 60.0 Å². The van der Waals surface area contributed by atoms with E-state index < -0.39 is 0 Å². The fourth-order valence-corrected chi connectivity index (χ4v) is 1.38. The standard InChI is InChI=1S/C11H25B/c1-10(2)6-8-12(5)9-7-11(3)4/h10-11H,6-9H2,1-5H3. The summed E-state index contributed by atoms with van der Waals surface area (Å²) in [6.45, 7) is 12.6. The van der Waals surface area contributed by atoms with Crippen LogP contribution in [0.5, 0.6) is 0 Å². The zero-order chi connectivity index (χ0) is 9.56. The largest absolute Gasteiger partial charge is 0.136 e. The first kappa shape index (κ1) is 12.1. The predicted octanol–water partition coefficient (Wildman–Crippen LogP) is 4.20. The second kappa shape index (κ2) is 6.57. The molecule has 0 aromatic carbocycles. The monoisotopic (exact) mass is 168 g/mol. The molecule has 0 aliphatic carbocycles. The van der Waals surface area contributed by atoms with E-state index in [1.165, 1.54) is 25.5 Å². The molecule has 0 fully saturated rings. The third-order valence-electron chi connectivity index (χ3n) is 2.47. The van der Waals surface area contributed by atoms with Gasteiger partial charge >= 0.3 is 0 Å². The normalized spacial score (nSPS) is 11.2. The van der Waals surface area contributed by atoms with Gasteiger partial charge in [-0.25, -0.2) is 0 Å². The SMILES string of the molecule is CB(CCC(C)C)CCC(C)C. The lowest BCUT2D eigenvalue weighted by Gasteiger charge is -2.11. The number of rotatable bonds is 6. The molecule has 0 saturated heterocycles. The zero-order valence-electron chi connectivity index (χ0n) is 9.56. The highest BCUT2D eigenvalue weighted by Crippen LogP contribution is 2.14. The quantitative estimate of drug-likeness (QED) is 0.521. The van der Waals surface area contributed by atoms with Crippen molar-refractivity contribution in [3.8, 4) is 0 Å². The van der Waals surface area contributed by atoms with Crippen molar-refractivity contribution in [2.24, 2.45) is 11.8 Å². The Bertz CT molecular complexity index is 85.2. The molecule has 0 aliphatic rings. The molecule has 0 aliphatic heterocycles. The van der Waals surface area contributed by atoms with Gasteiger partial charge in [-0.2, -0.15) is 0 Å². The Balaban J connectivity index is 3.27. The summed E-state index contributed by atoms with van der Waals surface area (Å²) in [7, 11) is 0. The fraction of sp³-hybridized carbons (Fsp3) is 1.00. The van der Waals surface area contributed by atoms with Gasteiger partial charge < -0.3 is 0 Å². The summed E-state index contributed by atoms with van der Waals surface area (Å²) in [4.78, 5) is 0. The van der Waals surface area contributed by atoms with Gasteiger partial charge in [0.05, 0.1) is 0 Å². The molecule has 0 radical (unpaired) electrons. The molecular weight excluding hydrogens is 143 g/mol. The van der Waals surface area contributed by atoms with Crippen LogP contribution in [0.2, 0.25) is 19.5 Å². The highest BCUT2D eigenvalue weighted by Gasteiger charge is 2.08. The third kappa shape index (κ3) is 8.16. The van der Waals surface area contributed by atoms with Gasteiger partial charge in [-0.15, -0.1) is 0 Å². The molecule has 0 rings (SSSR count). The van der Waals surface area contributed by atoms with Crippen LogP contribution < -0.4 is 0 Å². The molecule has 0 amide bonds. The molecule has 0 aromatic rings. The van der Waals surface area contributed by atoms with Crippen LogP contribution in [0.15, 0.2) is 0 Å². The summed E-state index contributed by atoms with van der Waals surface area (Å²) in [5.74, 6) is 1.76. The molecule has 0 saturated carbocycles. The van der Waals surface area contributed by atoms with E-state index in [2.05, 4.69) is 34.5 Å². The van der Waals surface area contributed by atoms with E-state index in [4.69, 9.17) is 0 Å². The van der Waals surface area contributed by atoms with E-state index in [0.29, 0.717) is 0 Å². The van der Waals surface area contributed by atoms with E-state index >= 15 is 0 Å². The van der Waals surface area contributed by atoms with Crippen molar-refractivity contribution in [1.82, 2.24) is 0 Å². The van der Waals surface area contributed by atoms with Gasteiger partial charge in [0.1, 0.15) is 6.71 Å². The minimum absolute atomic E-state index is 0.881. The average Bonchev–Trinajstić information content (AvgIpc) is 1.96. The van der Waals surface area contributed by atoms with Crippen LogP contribution in [-0.2, 0) is 0 Å². The first-order valence-corrected chi connectivity index (χ1v) is 5.52. The summed E-state index contributed by atoms with van der Waals surface area (Å²) >= 11 is 0. The van der Waals surface area contributed by atoms with Gasteiger partial charge in [0.2, 0.25) is 0 Å². The molecule has 72 valence electrons. The second-order valence-electron chi connectivity index (χ2n) is 5.05. The van der Waals surface area contributed by atoms with Crippen LogP contribution >= 0.6 is 0 Å². The molecule has 0 spiro atoms. The van der Waals surface area contributed by atoms with Crippen LogP contribution in [0.4, 0.5) is 0 Å². The Morgan fingerprint density at radius 3 is 1.42 bits per heavy atom. The van der Waals surface area contributed by atoms with Crippen molar-refractivity contribution in [3.05, 3.63) is 0 Å². The third-order valence-corrected chi connectivity index (χ3v) is 2.47. The Kier molecular flexibility index (Phi) is 6.60. The molecule has 1 heteroatoms. The average molecular weight is 168 g/mol. The molecule has 0 heterocycles. The van der Waals surface area contributed by atoms with Crippen molar-refractivity contribution in [3.63, 3.8) is 0 Å². The van der Waals surface area contributed by atoms with Crippen molar-refractivity contribution in [2.75, 3.05) is 0 Å². The first-order chi connectivity index (χ1) is 5.52. The lowest BCUT2D eigenvalue weighted by molar-refractivity contribution is 0.607. The van der Waals surface area contributed by atoms with Gasteiger partial charge in [-0.05, 0) is 11.8 Å². The number of hydrogen-bond donors (Lipinski definition) is 0. The van der Waals surface area contributed by atoms with Crippen molar-refractivity contribution in [2.45, 2.75) is 60.0 Å². The summed E-state index contributed by atoms with van der Waals surface area (Å²) in [6, 6.07) is 0. The molecule has 0 N–H and O–H groups in total. The smallest absolute Gasteiger partial charge is 0.0861 e. The van der Waals surface area contributed by atoms with Crippen molar-refractivity contribution < 1.29 is 0 Å². The molecule has 0 nitrogen and oxygen atoms in total. The molecule has 0 aromatic heterocycles. The minimum Gasteiger partial charge on any atom is -0.0861 e. The van der Waals surface area contributed by atoms with E-state index in [1.54, 1.807) is 0 Å². The van der Waals surface area contributed by atoms with Crippen LogP contribution in [0.25, 0.3) is 0 Å². The van der Waals surface area contributed by atoms with Gasteiger partial charge in [0.15, 0.2) is 0 Å². The Morgan fingerprint density at radius 2 is 1.17 bits per heavy atom. The molecule has 0 bridgehead atoms. The zero-order valence-corrected chi connectivity index (χ0v) is 9.56. The topological polar surface area (TPSA) is 0 Å². The highest BCUT2D eigenvalue weighted by molar-refractivity contribution is 6.57. The maximum Gasteiger partial charge on any atom is 0.136 e. The van der Waals surface area contributed by atoms with Crippen molar-refractivity contribution in [1.29, 1.82) is 0 Å². The fourth-order valence-electron chi connectivity index (χ4n) is 1.38. The summed E-state index contributed by atoms with van der Waals surface area (Å²) in [6.07, 6.45) is 5.65. The van der Waals surface area contributed by atoms with E-state index in [1.807, 2.05) is 0 Å². The lowest BCUT2D eigenvalue weighted by atomic mass is 9.45. The summed E-state index contributed by atoms with van der Waals surface area (Å²) in [5, 5.41) is 0. The highest BCUT2D eigenvalue weighted by atomic mass is 14.0. The molecule has 12 heavy (non-hydrogen) atoms. The number of hydrogen-bond acceptors (Lipinski definition) is 0. The van der Waals surface area contributed by atoms with E-state index in [-0.39, 0.29) is 0 Å². The summed E-state index contributed by atoms with van der Waals surface area (Å²) < 4.78 is 0. The Morgan fingerprint density at radius 1 is 0.833 bits per heavy atom. The van der Waals surface area contributed by atoms with Crippen LogP contribution in [0, 0.1) is 11.8 Å². The Labute approximate surface area is 79.2 Å². The van der Waals surface area contributed by atoms with E-state index in [9.17, 15) is 0 Å². The summed E-state index contributed by atoms with van der Waals surface area (Å²) in [5.41, 5.74) is 0. The molecular formula is C11H25B. The second-order valence-corrected chi connectivity index (χ2v) is 5.05. The van der Waals surface area contributed by atoms with Crippen molar-refractivity contribution >= 4 is 6.71 Å². The van der Waals surface area contributed by atoms with Gasteiger partial charge in [-0.3, -0.25) is 0 Å². The van der Waals surface area contributed by atoms with Crippen LogP contribution in [0.3, 0.4) is 0 Å². The maximum absolute atomic E-state index is 2.39. The molecule has 0 unspecified atom stereocenters.